The number of aromatic nitrogens is 1. The van der Waals surface area contributed by atoms with E-state index in [0.29, 0.717) is 25.9 Å². The van der Waals surface area contributed by atoms with Crippen LogP contribution in [0.3, 0.4) is 0 Å². The number of hydrogen-bond donors (Lipinski definition) is 1. The van der Waals surface area contributed by atoms with Crippen LogP contribution in [0.1, 0.15) is 35.7 Å². The maximum Gasteiger partial charge on any atom is 0.410 e. The molecular formula is C23H26FN3O3. The molecule has 1 fully saturated rings. The van der Waals surface area contributed by atoms with Crippen molar-refractivity contribution in [3.05, 3.63) is 77.9 Å². The molecule has 1 saturated heterocycles. The summed E-state index contributed by atoms with van der Waals surface area (Å²) in [6, 6.07) is 9.36. The van der Waals surface area contributed by atoms with Gasteiger partial charge in [0.1, 0.15) is 12.4 Å². The summed E-state index contributed by atoms with van der Waals surface area (Å²) in [5.41, 5.74) is 2.42. The van der Waals surface area contributed by atoms with Gasteiger partial charge in [-0.3, -0.25) is 9.78 Å². The van der Waals surface area contributed by atoms with Crippen molar-refractivity contribution < 1.29 is 18.7 Å². The van der Waals surface area contributed by atoms with E-state index < -0.39 is 6.04 Å². The zero-order valence-electron chi connectivity index (χ0n) is 17.0. The van der Waals surface area contributed by atoms with E-state index in [-0.39, 0.29) is 30.3 Å². The van der Waals surface area contributed by atoms with E-state index in [1.165, 1.54) is 18.2 Å². The Morgan fingerprint density at radius 2 is 2.00 bits per heavy atom. The molecule has 1 aliphatic heterocycles. The van der Waals surface area contributed by atoms with Gasteiger partial charge in [0.2, 0.25) is 5.91 Å². The molecule has 2 aromatic rings. The molecule has 2 heterocycles. The number of likely N-dealkylation sites (tertiary alicyclic amines) is 1. The number of hydrogen-bond acceptors (Lipinski definition) is 4. The molecule has 1 atom stereocenters. The Labute approximate surface area is 175 Å². The number of halogens is 1. The number of nitrogens with one attached hydrogen (secondary N) is 1. The Bertz CT molecular complexity index is 893. The van der Waals surface area contributed by atoms with Gasteiger partial charge >= 0.3 is 6.09 Å². The normalized spacial score (nSPS) is 15.3. The zero-order chi connectivity index (χ0) is 21.5. The third-order valence-electron chi connectivity index (χ3n) is 5.26. The number of benzene rings is 1. The smallest absolute Gasteiger partial charge is 0.410 e. The van der Waals surface area contributed by atoms with Crippen molar-refractivity contribution in [2.24, 2.45) is 5.92 Å². The van der Waals surface area contributed by atoms with Crippen LogP contribution < -0.4 is 5.32 Å². The van der Waals surface area contributed by atoms with Gasteiger partial charge in [0, 0.05) is 25.2 Å². The minimum absolute atomic E-state index is 0.103. The highest BCUT2D eigenvalue weighted by Crippen LogP contribution is 2.26. The molecule has 0 aliphatic carbocycles. The van der Waals surface area contributed by atoms with Crippen molar-refractivity contribution in [2.45, 2.75) is 25.8 Å². The van der Waals surface area contributed by atoms with Crippen LogP contribution in [-0.2, 0) is 9.53 Å². The molecule has 0 radical (unpaired) electrons. The minimum Gasteiger partial charge on any atom is -0.445 e. The van der Waals surface area contributed by atoms with Crippen molar-refractivity contribution in [1.82, 2.24) is 15.2 Å². The van der Waals surface area contributed by atoms with Crippen LogP contribution in [0.4, 0.5) is 9.18 Å². The molecular weight excluding hydrogens is 385 g/mol. The number of carbonyl (C=O) groups is 2. The lowest BCUT2D eigenvalue weighted by molar-refractivity contribution is -0.126. The maximum absolute atomic E-state index is 13.4. The largest absolute Gasteiger partial charge is 0.445 e. The molecule has 7 heteroatoms. The molecule has 3 rings (SSSR count). The summed E-state index contributed by atoms with van der Waals surface area (Å²) < 4.78 is 18.5. The summed E-state index contributed by atoms with van der Waals surface area (Å²) in [6.45, 7) is 6.54. The number of nitrogens with zero attached hydrogens (tertiary/aromatic N) is 2. The van der Waals surface area contributed by atoms with Gasteiger partial charge in [-0.1, -0.05) is 30.9 Å². The highest BCUT2D eigenvalue weighted by molar-refractivity contribution is 5.80. The van der Waals surface area contributed by atoms with Gasteiger partial charge in [-0.2, -0.15) is 0 Å². The van der Waals surface area contributed by atoms with Crippen molar-refractivity contribution >= 4 is 12.0 Å². The number of rotatable bonds is 6. The fraction of sp³-hybridized carbons (Fsp3) is 0.348. The van der Waals surface area contributed by atoms with Crippen LogP contribution >= 0.6 is 0 Å². The Balaban J connectivity index is 1.70. The van der Waals surface area contributed by atoms with Gasteiger partial charge in [0.25, 0.3) is 0 Å². The minimum atomic E-state index is -0.477. The van der Waals surface area contributed by atoms with E-state index in [9.17, 15) is 14.0 Å². The summed E-state index contributed by atoms with van der Waals surface area (Å²) in [4.78, 5) is 31.0. The fourth-order valence-corrected chi connectivity index (χ4v) is 3.57. The Morgan fingerprint density at radius 1 is 1.30 bits per heavy atom. The third-order valence-corrected chi connectivity index (χ3v) is 5.26. The van der Waals surface area contributed by atoms with E-state index in [2.05, 4.69) is 16.9 Å². The van der Waals surface area contributed by atoms with Gasteiger partial charge in [-0.05, 0) is 49.1 Å². The van der Waals surface area contributed by atoms with Gasteiger partial charge in [-0.15, -0.1) is 0 Å². The number of carbonyl (C=O) groups excluding carboxylic acids is 2. The van der Waals surface area contributed by atoms with Crippen LogP contribution in [0.5, 0.6) is 0 Å². The van der Waals surface area contributed by atoms with Crippen LogP contribution in [0.2, 0.25) is 0 Å². The molecule has 1 N–H and O–H groups in total. The molecule has 30 heavy (non-hydrogen) atoms. The highest BCUT2D eigenvalue weighted by Gasteiger charge is 2.30. The summed E-state index contributed by atoms with van der Waals surface area (Å²) in [5.74, 6) is -0.661. The lowest BCUT2D eigenvalue weighted by Crippen LogP contribution is -2.44. The first-order valence-corrected chi connectivity index (χ1v) is 9.99. The standard InChI is InChI=1S/C23H26FN3O3/c1-3-15-30-23(29)27-13-10-18(11-14-27)22(28)26-21(17-6-8-19(24)9-7-17)20-16(2)5-4-12-25-20/h3-9,12,18,21H,1,10-11,13-15H2,2H3,(H,26,28). The topological polar surface area (TPSA) is 71.5 Å². The predicted molar refractivity (Wildman–Crippen MR) is 111 cm³/mol. The molecule has 6 nitrogen and oxygen atoms in total. The SMILES string of the molecule is C=CCOC(=O)N1CCC(C(=O)NC(c2ccc(F)cc2)c2ncccc2C)CC1. The van der Waals surface area contributed by atoms with E-state index in [1.54, 1.807) is 23.2 Å². The van der Waals surface area contributed by atoms with Crippen LogP contribution in [0, 0.1) is 18.7 Å². The fourth-order valence-electron chi connectivity index (χ4n) is 3.57. The summed E-state index contributed by atoms with van der Waals surface area (Å²) in [7, 11) is 0. The lowest BCUT2D eigenvalue weighted by atomic mass is 9.94. The molecule has 0 saturated carbocycles. The molecule has 1 unspecified atom stereocenters. The van der Waals surface area contributed by atoms with Gasteiger partial charge in [0.15, 0.2) is 0 Å². The van der Waals surface area contributed by atoms with Crippen LogP contribution in [-0.4, -0.2) is 41.6 Å². The Hall–Kier alpha value is -3.22. The molecule has 1 aromatic carbocycles. The third kappa shape index (κ3) is 5.23. The second-order valence-electron chi connectivity index (χ2n) is 7.33. The monoisotopic (exact) mass is 411 g/mol. The van der Waals surface area contributed by atoms with Crippen LogP contribution in [0.25, 0.3) is 0 Å². The zero-order valence-corrected chi connectivity index (χ0v) is 17.0. The lowest BCUT2D eigenvalue weighted by Gasteiger charge is -2.31. The summed E-state index contributed by atoms with van der Waals surface area (Å²) in [6.07, 6.45) is 3.91. The number of pyridine rings is 1. The van der Waals surface area contributed by atoms with E-state index in [4.69, 9.17) is 4.74 Å². The first-order chi connectivity index (χ1) is 14.5. The van der Waals surface area contributed by atoms with Crippen molar-refractivity contribution in [3.8, 4) is 0 Å². The molecule has 2 amide bonds. The van der Waals surface area contributed by atoms with E-state index in [0.717, 1.165) is 16.8 Å². The van der Waals surface area contributed by atoms with Gasteiger partial charge in [0.05, 0.1) is 11.7 Å². The number of ether oxygens (including phenoxy) is 1. The second-order valence-corrected chi connectivity index (χ2v) is 7.33. The number of aryl methyl sites for hydroxylation is 1. The number of piperidine rings is 1. The van der Waals surface area contributed by atoms with Crippen molar-refractivity contribution in [3.63, 3.8) is 0 Å². The second kappa shape index (κ2) is 10.0. The molecule has 1 aliphatic rings. The first-order valence-electron chi connectivity index (χ1n) is 9.99. The highest BCUT2D eigenvalue weighted by atomic mass is 19.1. The number of amides is 2. The maximum atomic E-state index is 13.4. The summed E-state index contributed by atoms with van der Waals surface area (Å²) >= 11 is 0. The van der Waals surface area contributed by atoms with E-state index >= 15 is 0 Å². The average molecular weight is 411 g/mol. The molecule has 158 valence electrons. The van der Waals surface area contributed by atoms with E-state index in [1.807, 2.05) is 19.1 Å². The molecule has 0 bridgehead atoms. The predicted octanol–water partition coefficient (Wildman–Crippen LogP) is 3.77. The molecule has 1 aromatic heterocycles. The Morgan fingerprint density at radius 3 is 2.63 bits per heavy atom. The first kappa shape index (κ1) is 21.5. The van der Waals surface area contributed by atoms with Crippen LogP contribution in [0.15, 0.2) is 55.3 Å². The van der Waals surface area contributed by atoms with Gasteiger partial charge < -0.3 is 15.0 Å². The Kier molecular flexibility index (Phi) is 7.17. The summed E-state index contributed by atoms with van der Waals surface area (Å²) in [5, 5.41) is 3.09. The quantitative estimate of drug-likeness (QED) is 0.735. The average Bonchev–Trinajstić information content (AvgIpc) is 2.77. The van der Waals surface area contributed by atoms with Crippen molar-refractivity contribution in [2.75, 3.05) is 19.7 Å². The molecule has 0 spiro atoms. The van der Waals surface area contributed by atoms with Gasteiger partial charge in [-0.25, -0.2) is 9.18 Å². The van der Waals surface area contributed by atoms with Crippen molar-refractivity contribution in [1.29, 1.82) is 0 Å².